The summed E-state index contributed by atoms with van der Waals surface area (Å²) in [5, 5.41) is 9.18. The molecule has 9 aromatic carbocycles. The number of nitrogens with zero attached hydrogens (tertiary/aromatic N) is 4. The van der Waals surface area contributed by atoms with E-state index in [1.807, 2.05) is 72.8 Å². The van der Waals surface area contributed by atoms with Crippen LogP contribution in [-0.4, -0.2) is 19.5 Å². The lowest BCUT2D eigenvalue weighted by Gasteiger charge is -2.13. The van der Waals surface area contributed by atoms with Crippen LogP contribution in [0.25, 0.3) is 116 Å². The second kappa shape index (κ2) is 12.8. The lowest BCUT2D eigenvalue weighted by molar-refractivity contribution is 0.670. The lowest BCUT2D eigenvalue weighted by atomic mass is 9.99. The molecule has 0 atom stereocenters. The van der Waals surface area contributed by atoms with Gasteiger partial charge in [-0.1, -0.05) is 164 Å². The van der Waals surface area contributed by atoms with Gasteiger partial charge in [0.1, 0.15) is 11.2 Å². The summed E-state index contributed by atoms with van der Waals surface area (Å²) in [6, 6.07) is 68.1. The number of hydrogen-bond acceptors (Lipinski definition) is 4. The minimum absolute atomic E-state index is 0.585. The smallest absolute Gasteiger partial charge is 0.164 e. The highest BCUT2D eigenvalue weighted by atomic mass is 16.3. The van der Waals surface area contributed by atoms with Crippen molar-refractivity contribution in [2.45, 2.75) is 0 Å². The third-order valence-corrected chi connectivity index (χ3v) is 11.4. The third kappa shape index (κ3) is 5.07. The number of hydrogen-bond donors (Lipinski definition) is 0. The molecule has 58 heavy (non-hydrogen) atoms. The molecule has 12 aromatic rings. The van der Waals surface area contributed by atoms with Crippen LogP contribution in [0.3, 0.4) is 0 Å². The zero-order valence-electron chi connectivity index (χ0n) is 31.2. The fraction of sp³-hybridized carbons (Fsp3) is 0. The maximum absolute atomic E-state index is 6.92. The van der Waals surface area contributed by atoms with Crippen LogP contribution in [0.4, 0.5) is 0 Å². The molecule has 3 heterocycles. The molecular formula is C53H32N4O. The Labute approximate surface area is 333 Å². The van der Waals surface area contributed by atoms with Gasteiger partial charge in [-0.25, -0.2) is 15.0 Å². The second-order valence-electron chi connectivity index (χ2n) is 14.8. The number of benzene rings is 9. The minimum Gasteiger partial charge on any atom is -0.455 e. The molecule has 0 fully saturated rings. The van der Waals surface area contributed by atoms with Crippen LogP contribution in [0.1, 0.15) is 0 Å². The van der Waals surface area contributed by atoms with Crippen molar-refractivity contribution in [2.75, 3.05) is 0 Å². The van der Waals surface area contributed by atoms with Gasteiger partial charge >= 0.3 is 0 Å². The Morgan fingerprint density at radius 3 is 1.69 bits per heavy atom. The molecule has 0 aliphatic heterocycles. The van der Waals surface area contributed by atoms with Gasteiger partial charge in [-0.15, -0.1) is 0 Å². The molecule has 0 bridgehead atoms. The standard InChI is InChI=1S/C53H32N4O/c1-4-15-33(16-5-1)43-31-39(57-46-30-38-23-11-10-22-37(38)29-44(46)41-28-27-34-17-12-13-24-40(34)49(41)57)32-45-48-42(25-14-26-47(48)58-50(43)45)53-55-51(35-18-6-2-7-19-35)54-52(56-53)36-20-8-3-9-21-36/h1-32H. The summed E-state index contributed by atoms with van der Waals surface area (Å²) in [4.78, 5) is 15.3. The Bertz CT molecular complexity index is 3500. The van der Waals surface area contributed by atoms with E-state index in [2.05, 4.69) is 126 Å². The first-order valence-electron chi connectivity index (χ1n) is 19.5. The summed E-state index contributed by atoms with van der Waals surface area (Å²) < 4.78 is 9.38. The van der Waals surface area contributed by atoms with Crippen LogP contribution in [-0.2, 0) is 0 Å². The van der Waals surface area contributed by atoms with Crippen LogP contribution in [0.2, 0.25) is 0 Å². The lowest BCUT2D eigenvalue weighted by Crippen LogP contribution is -2.00. The van der Waals surface area contributed by atoms with Crippen molar-refractivity contribution >= 4 is 65.3 Å². The number of aromatic nitrogens is 4. The van der Waals surface area contributed by atoms with Gasteiger partial charge in [0.25, 0.3) is 0 Å². The summed E-state index contributed by atoms with van der Waals surface area (Å²) in [5.74, 6) is 1.82. The van der Waals surface area contributed by atoms with E-state index in [0.29, 0.717) is 17.5 Å². The van der Waals surface area contributed by atoms with Gasteiger partial charge in [0.2, 0.25) is 0 Å². The topological polar surface area (TPSA) is 56.7 Å². The summed E-state index contributed by atoms with van der Waals surface area (Å²) in [5.41, 5.74) is 9.75. The van der Waals surface area contributed by atoms with Crippen molar-refractivity contribution < 1.29 is 4.42 Å². The minimum atomic E-state index is 0.585. The van der Waals surface area contributed by atoms with Crippen LogP contribution in [0.5, 0.6) is 0 Å². The van der Waals surface area contributed by atoms with Crippen molar-refractivity contribution in [3.8, 4) is 51.0 Å². The van der Waals surface area contributed by atoms with Crippen molar-refractivity contribution in [1.29, 1.82) is 0 Å². The van der Waals surface area contributed by atoms with Crippen LogP contribution in [0, 0.1) is 0 Å². The van der Waals surface area contributed by atoms with Gasteiger partial charge in [0.15, 0.2) is 17.5 Å². The van der Waals surface area contributed by atoms with E-state index in [1.54, 1.807) is 0 Å². The van der Waals surface area contributed by atoms with Gasteiger partial charge < -0.3 is 8.98 Å². The molecule has 5 nitrogen and oxygen atoms in total. The average Bonchev–Trinajstić information content (AvgIpc) is 3.84. The first-order valence-corrected chi connectivity index (χ1v) is 19.5. The van der Waals surface area contributed by atoms with Crippen LogP contribution >= 0.6 is 0 Å². The van der Waals surface area contributed by atoms with Crippen LogP contribution in [0.15, 0.2) is 199 Å². The second-order valence-corrected chi connectivity index (χ2v) is 14.8. The highest BCUT2D eigenvalue weighted by molar-refractivity contribution is 6.22. The number of furan rings is 1. The average molecular weight is 741 g/mol. The van der Waals surface area contributed by atoms with Crippen molar-refractivity contribution in [2.24, 2.45) is 0 Å². The predicted molar refractivity (Wildman–Crippen MR) is 238 cm³/mol. The van der Waals surface area contributed by atoms with Gasteiger partial charge in [-0.3, -0.25) is 0 Å². The Morgan fingerprint density at radius 1 is 0.379 bits per heavy atom. The molecule has 0 aliphatic carbocycles. The Hall–Kier alpha value is -7.89. The molecule has 0 unspecified atom stereocenters. The molecule has 0 amide bonds. The molecule has 270 valence electrons. The Balaban J connectivity index is 1.21. The maximum Gasteiger partial charge on any atom is 0.164 e. The molecule has 0 spiro atoms. The summed E-state index contributed by atoms with van der Waals surface area (Å²) in [7, 11) is 0. The van der Waals surface area contributed by atoms with E-state index in [4.69, 9.17) is 19.4 Å². The van der Waals surface area contributed by atoms with Gasteiger partial charge in [0, 0.05) is 54.9 Å². The molecule has 0 N–H and O–H groups in total. The fourth-order valence-corrected chi connectivity index (χ4v) is 8.72. The van der Waals surface area contributed by atoms with Crippen LogP contribution < -0.4 is 0 Å². The van der Waals surface area contributed by atoms with Gasteiger partial charge in [0.05, 0.1) is 11.0 Å². The number of fused-ring (bicyclic) bond motifs is 9. The van der Waals surface area contributed by atoms with Crippen molar-refractivity contribution in [1.82, 2.24) is 19.5 Å². The van der Waals surface area contributed by atoms with Gasteiger partial charge in [-0.2, -0.15) is 0 Å². The first kappa shape index (κ1) is 32.4. The van der Waals surface area contributed by atoms with Crippen molar-refractivity contribution in [3.05, 3.63) is 194 Å². The summed E-state index contributed by atoms with van der Waals surface area (Å²) in [6.45, 7) is 0. The molecule has 0 saturated carbocycles. The highest BCUT2D eigenvalue weighted by Gasteiger charge is 2.23. The molecular weight excluding hydrogens is 709 g/mol. The van der Waals surface area contributed by atoms with E-state index in [0.717, 1.165) is 61.0 Å². The maximum atomic E-state index is 6.92. The van der Waals surface area contributed by atoms with E-state index >= 15 is 0 Å². The monoisotopic (exact) mass is 740 g/mol. The highest BCUT2D eigenvalue weighted by Crippen LogP contribution is 2.44. The third-order valence-electron chi connectivity index (χ3n) is 11.4. The van der Waals surface area contributed by atoms with E-state index in [1.165, 1.54) is 37.8 Å². The van der Waals surface area contributed by atoms with E-state index in [-0.39, 0.29) is 0 Å². The molecule has 5 heteroatoms. The van der Waals surface area contributed by atoms with Gasteiger partial charge in [-0.05, 0) is 52.1 Å². The first-order chi connectivity index (χ1) is 28.7. The number of rotatable bonds is 5. The molecule has 3 aromatic heterocycles. The summed E-state index contributed by atoms with van der Waals surface area (Å²) >= 11 is 0. The molecule has 0 radical (unpaired) electrons. The predicted octanol–water partition coefficient (Wildman–Crippen LogP) is 13.8. The summed E-state index contributed by atoms with van der Waals surface area (Å²) in [6.07, 6.45) is 0. The largest absolute Gasteiger partial charge is 0.455 e. The van der Waals surface area contributed by atoms with E-state index < -0.39 is 0 Å². The zero-order chi connectivity index (χ0) is 38.2. The normalized spacial score (nSPS) is 11.8. The fourth-order valence-electron chi connectivity index (χ4n) is 8.72. The Morgan fingerprint density at radius 2 is 0.983 bits per heavy atom. The van der Waals surface area contributed by atoms with Crippen molar-refractivity contribution in [3.63, 3.8) is 0 Å². The molecule has 0 saturated heterocycles. The quantitative estimate of drug-likeness (QED) is 0.176. The molecule has 0 aliphatic rings. The zero-order valence-corrected chi connectivity index (χ0v) is 31.2. The Kier molecular flexibility index (Phi) is 7.16. The SMILES string of the molecule is c1ccc(-c2nc(-c3ccccc3)nc(-c3cccc4oc5c(-c6ccccc6)cc(-n6c7cc8ccccc8cc7c7ccc8ccccc8c76)cc5c34)n2)cc1. The molecule has 12 rings (SSSR count). The van der Waals surface area contributed by atoms with E-state index in [9.17, 15) is 0 Å².